The van der Waals surface area contributed by atoms with Crippen molar-refractivity contribution < 1.29 is 14.9 Å². The lowest BCUT2D eigenvalue weighted by Gasteiger charge is -2.09. The van der Waals surface area contributed by atoms with Crippen LogP contribution in [0.15, 0.2) is 23.8 Å². The fraction of sp³-hybridized carbons (Fsp3) is 0.619. The fourth-order valence-electron chi connectivity index (χ4n) is 3.11. The van der Waals surface area contributed by atoms with E-state index in [4.69, 9.17) is 4.74 Å². The number of allylic oxidation sites excluding steroid dienone is 2. The summed E-state index contributed by atoms with van der Waals surface area (Å²) >= 11 is 0. The molecule has 1 heterocycles. The zero-order valence-electron chi connectivity index (χ0n) is 15.6. The first-order valence-electron chi connectivity index (χ1n) is 9.20. The standard InChI is InChI=1S/C21H32O3/c1-5-6-7-8-16-13-18(22)17(19(23)14-16)11-9-15(2)10-12-20-21(3,4)24-20/h9,13-14,20,22-23H,5-8,10-12H2,1-4H3/b15-9+. The second-order valence-corrected chi connectivity index (χ2v) is 7.57. The number of rotatable bonds is 9. The Balaban J connectivity index is 1.90. The average Bonchev–Trinajstić information content (AvgIpc) is 3.12. The van der Waals surface area contributed by atoms with Gasteiger partial charge in [-0.2, -0.15) is 0 Å². The summed E-state index contributed by atoms with van der Waals surface area (Å²) in [5.74, 6) is 0.411. The minimum Gasteiger partial charge on any atom is -0.508 e. The Kier molecular flexibility index (Phi) is 6.34. The van der Waals surface area contributed by atoms with E-state index in [1.54, 1.807) is 12.1 Å². The van der Waals surface area contributed by atoms with Gasteiger partial charge < -0.3 is 14.9 Å². The van der Waals surface area contributed by atoms with Crippen LogP contribution in [-0.4, -0.2) is 21.9 Å². The van der Waals surface area contributed by atoms with Crippen molar-refractivity contribution in [2.75, 3.05) is 0 Å². The van der Waals surface area contributed by atoms with E-state index in [2.05, 4.69) is 33.8 Å². The van der Waals surface area contributed by atoms with Gasteiger partial charge in [-0.05, 0) is 70.6 Å². The molecule has 3 nitrogen and oxygen atoms in total. The predicted molar refractivity (Wildman–Crippen MR) is 98.6 cm³/mol. The molecule has 1 atom stereocenters. The summed E-state index contributed by atoms with van der Waals surface area (Å²) in [7, 11) is 0. The minimum absolute atomic E-state index is 0.0461. The molecule has 2 N–H and O–H groups in total. The van der Waals surface area contributed by atoms with Gasteiger partial charge in [0.05, 0.1) is 11.7 Å². The summed E-state index contributed by atoms with van der Waals surface area (Å²) in [6, 6.07) is 3.60. The van der Waals surface area contributed by atoms with Crippen LogP contribution in [-0.2, 0) is 17.6 Å². The Morgan fingerprint density at radius 2 is 1.83 bits per heavy atom. The topological polar surface area (TPSA) is 53.0 Å². The van der Waals surface area contributed by atoms with Crippen molar-refractivity contribution in [2.45, 2.75) is 84.3 Å². The molecule has 1 fully saturated rings. The number of phenols is 2. The quantitative estimate of drug-likeness (QED) is 0.367. The molecule has 1 unspecified atom stereocenters. The number of ether oxygens (including phenoxy) is 1. The molecule has 1 aromatic rings. The lowest BCUT2D eigenvalue weighted by Crippen LogP contribution is -2.02. The molecule has 0 saturated carbocycles. The molecule has 0 bridgehead atoms. The smallest absolute Gasteiger partial charge is 0.123 e. The molecule has 1 aliphatic rings. The molecule has 0 radical (unpaired) electrons. The van der Waals surface area contributed by atoms with Gasteiger partial charge >= 0.3 is 0 Å². The largest absolute Gasteiger partial charge is 0.508 e. The SMILES string of the molecule is CCCCCc1cc(O)c(C/C=C(\C)CCC2OC2(C)C)c(O)c1. The Morgan fingerprint density at radius 1 is 1.21 bits per heavy atom. The summed E-state index contributed by atoms with van der Waals surface area (Å²) in [5, 5.41) is 20.5. The van der Waals surface area contributed by atoms with Crippen LogP contribution in [0.1, 0.15) is 70.9 Å². The van der Waals surface area contributed by atoms with Crippen LogP contribution in [0.25, 0.3) is 0 Å². The maximum Gasteiger partial charge on any atom is 0.123 e. The van der Waals surface area contributed by atoms with Gasteiger partial charge in [0.1, 0.15) is 11.5 Å². The highest BCUT2D eigenvalue weighted by Gasteiger charge is 2.46. The van der Waals surface area contributed by atoms with Gasteiger partial charge in [-0.3, -0.25) is 0 Å². The summed E-state index contributed by atoms with van der Waals surface area (Å²) in [4.78, 5) is 0. The molecule has 2 rings (SSSR count). The first-order valence-corrected chi connectivity index (χ1v) is 9.20. The van der Waals surface area contributed by atoms with E-state index in [0.717, 1.165) is 31.2 Å². The second-order valence-electron chi connectivity index (χ2n) is 7.57. The van der Waals surface area contributed by atoms with Crippen molar-refractivity contribution in [3.05, 3.63) is 34.9 Å². The molecule has 0 amide bonds. The number of epoxide rings is 1. The summed E-state index contributed by atoms with van der Waals surface area (Å²) < 4.78 is 5.60. The molecule has 134 valence electrons. The number of hydrogen-bond donors (Lipinski definition) is 2. The third kappa shape index (κ3) is 5.27. The van der Waals surface area contributed by atoms with Crippen molar-refractivity contribution in [3.63, 3.8) is 0 Å². The predicted octanol–water partition coefficient (Wildman–Crippen LogP) is 5.28. The highest BCUT2D eigenvalue weighted by molar-refractivity contribution is 5.47. The van der Waals surface area contributed by atoms with E-state index >= 15 is 0 Å². The van der Waals surface area contributed by atoms with Crippen LogP contribution in [0.2, 0.25) is 0 Å². The Hall–Kier alpha value is -1.48. The first kappa shape index (κ1) is 18.9. The van der Waals surface area contributed by atoms with E-state index in [0.29, 0.717) is 18.1 Å². The van der Waals surface area contributed by atoms with Gasteiger partial charge in [0.15, 0.2) is 0 Å². The zero-order valence-corrected chi connectivity index (χ0v) is 15.6. The van der Waals surface area contributed by atoms with E-state index in [-0.39, 0.29) is 17.1 Å². The van der Waals surface area contributed by atoms with Crippen LogP contribution in [0.4, 0.5) is 0 Å². The molecule has 0 aromatic heterocycles. The summed E-state index contributed by atoms with van der Waals surface area (Å²) in [6.45, 7) is 8.51. The lowest BCUT2D eigenvalue weighted by atomic mass is 9.99. The number of benzene rings is 1. The van der Waals surface area contributed by atoms with Crippen molar-refractivity contribution in [1.82, 2.24) is 0 Å². The third-order valence-electron chi connectivity index (χ3n) is 4.95. The number of unbranched alkanes of at least 4 members (excludes halogenated alkanes) is 2. The fourth-order valence-corrected chi connectivity index (χ4v) is 3.11. The van der Waals surface area contributed by atoms with E-state index in [9.17, 15) is 10.2 Å². The van der Waals surface area contributed by atoms with Gasteiger partial charge in [-0.15, -0.1) is 0 Å². The maximum absolute atomic E-state index is 10.2. The average molecular weight is 332 g/mol. The second kappa shape index (κ2) is 8.06. The highest BCUT2D eigenvalue weighted by Crippen LogP contribution is 2.39. The Labute approximate surface area is 146 Å². The molecule has 1 aromatic carbocycles. The Morgan fingerprint density at radius 3 is 2.38 bits per heavy atom. The number of hydrogen-bond acceptors (Lipinski definition) is 3. The normalized spacial score (nSPS) is 19.5. The van der Waals surface area contributed by atoms with Crippen LogP contribution in [0, 0.1) is 0 Å². The molecule has 0 aliphatic carbocycles. The zero-order chi connectivity index (χ0) is 17.7. The molecule has 24 heavy (non-hydrogen) atoms. The van der Waals surface area contributed by atoms with Crippen molar-refractivity contribution >= 4 is 0 Å². The van der Waals surface area contributed by atoms with Crippen molar-refractivity contribution in [3.8, 4) is 11.5 Å². The monoisotopic (exact) mass is 332 g/mol. The molecular weight excluding hydrogens is 300 g/mol. The van der Waals surface area contributed by atoms with Crippen LogP contribution in [0.5, 0.6) is 11.5 Å². The van der Waals surface area contributed by atoms with Gasteiger partial charge in [-0.25, -0.2) is 0 Å². The van der Waals surface area contributed by atoms with Gasteiger partial charge in [-0.1, -0.05) is 31.4 Å². The number of phenolic OH excluding ortho intramolecular Hbond substituents is 2. The molecule has 1 saturated heterocycles. The molecule has 3 heteroatoms. The molecular formula is C21H32O3. The van der Waals surface area contributed by atoms with Crippen LogP contribution < -0.4 is 0 Å². The lowest BCUT2D eigenvalue weighted by molar-refractivity contribution is 0.320. The van der Waals surface area contributed by atoms with E-state index in [1.165, 1.54) is 18.4 Å². The van der Waals surface area contributed by atoms with Crippen molar-refractivity contribution in [1.29, 1.82) is 0 Å². The first-order chi connectivity index (χ1) is 11.3. The number of aryl methyl sites for hydroxylation is 1. The summed E-state index contributed by atoms with van der Waals surface area (Å²) in [6.07, 6.45) is 9.39. The van der Waals surface area contributed by atoms with Crippen molar-refractivity contribution in [2.24, 2.45) is 0 Å². The van der Waals surface area contributed by atoms with E-state index in [1.807, 2.05) is 0 Å². The Bertz CT molecular complexity index is 564. The molecule has 0 spiro atoms. The highest BCUT2D eigenvalue weighted by atomic mass is 16.6. The van der Waals surface area contributed by atoms with Gasteiger partial charge in [0.25, 0.3) is 0 Å². The van der Waals surface area contributed by atoms with Gasteiger partial charge in [0, 0.05) is 5.56 Å². The van der Waals surface area contributed by atoms with Gasteiger partial charge in [0.2, 0.25) is 0 Å². The van der Waals surface area contributed by atoms with Crippen LogP contribution >= 0.6 is 0 Å². The van der Waals surface area contributed by atoms with Crippen LogP contribution in [0.3, 0.4) is 0 Å². The maximum atomic E-state index is 10.2. The molecule has 1 aliphatic heterocycles. The number of aromatic hydroxyl groups is 2. The van der Waals surface area contributed by atoms with E-state index < -0.39 is 0 Å². The minimum atomic E-state index is 0.0461. The third-order valence-corrected chi connectivity index (χ3v) is 4.95. The summed E-state index contributed by atoms with van der Waals surface area (Å²) in [5.41, 5.74) is 2.95.